The van der Waals surface area contributed by atoms with Crippen molar-refractivity contribution < 1.29 is 33.7 Å². The van der Waals surface area contributed by atoms with Crippen LogP contribution in [-0.4, -0.2) is 147 Å². The van der Waals surface area contributed by atoms with Crippen LogP contribution in [0.3, 0.4) is 0 Å². The average molecular weight is 997 g/mol. The van der Waals surface area contributed by atoms with Gasteiger partial charge >= 0.3 is 12.1 Å². The maximum atomic E-state index is 13.1. The summed E-state index contributed by atoms with van der Waals surface area (Å²) < 4.78 is 29.3. The number of halogens is 2. The molecule has 2 aromatic heterocycles. The van der Waals surface area contributed by atoms with Crippen LogP contribution in [0.1, 0.15) is 64.7 Å². The average Bonchev–Trinajstić information content (AvgIpc) is 4.01. The van der Waals surface area contributed by atoms with Crippen LogP contribution in [0.15, 0.2) is 91.0 Å². The molecule has 0 spiro atoms. The summed E-state index contributed by atoms with van der Waals surface area (Å²) in [6.45, 7) is 14.3. The highest BCUT2D eigenvalue weighted by atomic mass is 19.1. The van der Waals surface area contributed by atoms with E-state index in [0.29, 0.717) is 42.5 Å². The van der Waals surface area contributed by atoms with Gasteiger partial charge in [0, 0.05) is 55.7 Å². The molecule has 0 fully saturated rings. The fraction of sp³-hybridized carbons (Fsp3) is 0.451. The number of benzene rings is 4. The second-order valence-electron chi connectivity index (χ2n) is 17.9. The molecule has 19 nitrogen and oxygen atoms in total. The molecule has 0 unspecified atom stereocenters. The summed E-state index contributed by atoms with van der Waals surface area (Å²) in [4.78, 5) is 29.3. The van der Waals surface area contributed by atoms with Crippen LogP contribution >= 0.6 is 0 Å². The quantitative estimate of drug-likeness (QED) is 0.0414. The van der Waals surface area contributed by atoms with Gasteiger partial charge in [-0.2, -0.15) is 0 Å². The van der Waals surface area contributed by atoms with Gasteiger partial charge in [0.25, 0.3) is 0 Å². The first kappa shape index (κ1) is 56.1. The van der Waals surface area contributed by atoms with Gasteiger partial charge in [0.15, 0.2) is 11.6 Å². The van der Waals surface area contributed by atoms with E-state index in [2.05, 4.69) is 57.2 Å². The number of likely N-dealkylation sites (N-methyl/N-ethyl adjacent to an activating group) is 2. The third kappa shape index (κ3) is 17.2. The zero-order valence-corrected chi connectivity index (χ0v) is 42.4. The van der Waals surface area contributed by atoms with Crippen molar-refractivity contribution in [3.05, 3.63) is 119 Å². The van der Waals surface area contributed by atoms with E-state index < -0.39 is 42.5 Å². The number of nitrogens with zero attached hydrogens (tertiary/aromatic N) is 10. The maximum Gasteiger partial charge on any atom is 0.319 e. The van der Waals surface area contributed by atoms with E-state index in [-0.39, 0.29) is 24.2 Å². The summed E-state index contributed by atoms with van der Waals surface area (Å²) in [5.74, 6) is 0.624. The molecule has 4 amide bonds. The first-order valence-electron chi connectivity index (χ1n) is 24.3. The predicted molar refractivity (Wildman–Crippen MR) is 273 cm³/mol. The van der Waals surface area contributed by atoms with Gasteiger partial charge in [-0.15, -0.1) is 10.2 Å². The number of nitrogens with one attached hydrogen (secondary N) is 4. The number of aliphatic hydroxyl groups is 3. The molecular formula is C51H70F2N14O5. The third-order valence-electron chi connectivity index (χ3n) is 12.5. The largest absolute Gasteiger partial charge is 0.391 e. The van der Waals surface area contributed by atoms with E-state index in [4.69, 9.17) is 0 Å². The first-order chi connectivity index (χ1) is 34.5. The Balaban J connectivity index is 0.000000267. The number of aryl methyl sites for hydroxylation is 4. The number of anilines is 2. The Morgan fingerprint density at radius 3 is 1.72 bits per heavy atom. The van der Waals surface area contributed by atoms with Crippen molar-refractivity contribution in [2.45, 2.75) is 104 Å². The zero-order chi connectivity index (χ0) is 52.3. The second-order valence-corrected chi connectivity index (χ2v) is 17.9. The topological polar surface area (TPSA) is 237 Å². The van der Waals surface area contributed by atoms with E-state index in [1.165, 1.54) is 28.9 Å². The summed E-state index contributed by atoms with van der Waals surface area (Å²) in [5, 5.41) is 66.4. The van der Waals surface area contributed by atoms with Gasteiger partial charge in [0.2, 0.25) is 0 Å². The normalized spacial score (nSPS) is 13.9. The summed E-state index contributed by atoms with van der Waals surface area (Å²) in [7, 11) is 3.49. The molecule has 388 valence electrons. The number of hydrogen-bond acceptors (Lipinski definition) is 13. The van der Waals surface area contributed by atoms with Crippen molar-refractivity contribution >= 4 is 23.4 Å². The third-order valence-corrected chi connectivity index (χ3v) is 12.5. The molecular weight excluding hydrogens is 927 g/mol. The van der Waals surface area contributed by atoms with Crippen LogP contribution in [0, 0.1) is 11.6 Å². The molecule has 4 aromatic carbocycles. The van der Waals surface area contributed by atoms with Crippen molar-refractivity contribution in [2.24, 2.45) is 14.1 Å². The van der Waals surface area contributed by atoms with Gasteiger partial charge in [0.05, 0.1) is 30.4 Å². The number of rotatable bonds is 23. The highest BCUT2D eigenvalue weighted by molar-refractivity contribution is 5.91. The Hall–Kier alpha value is -6.78. The molecule has 6 rings (SSSR count). The Morgan fingerprint density at radius 1 is 0.639 bits per heavy atom. The predicted octanol–water partition coefficient (Wildman–Crippen LogP) is 5.61. The molecule has 21 heteroatoms. The molecule has 0 aliphatic carbocycles. The Morgan fingerprint density at radius 2 is 1.18 bits per heavy atom. The molecule has 7 N–H and O–H groups in total. The van der Waals surface area contributed by atoms with E-state index in [1.54, 1.807) is 75.1 Å². The van der Waals surface area contributed by atoms with Crippen LogP contribution in [0.5, 0.6) is 0 Å². The lowest BCUT2D eigenvalue weighted by atomic mass is 10.0. The summed E-state index contributed by atoms with van der Waals surface area (Å²) >= 11 is 0. The van der Waals surface area contributed by atoms with Crippen LogP contribution in [0.2, 0.25) is 0 Å². The number of urea groups is 2. The van der Waals surface area contributed by atoms with Gasteiger partial charge in [-0.05, 0) is 158 Å². The maximum absolute atomic E-state index is 13.1. The fourth-order valence-corrected chi connectivity index (χ4v) is 7.94. The summed E-state index contributed by atoms with van der Waals surface area (Å²) in [6.07, 6.45) is 0.589. The second kappa shape index (κ2) is 27.7. The molecule has 0 saturated heterocycles. The SMILES string of the molecule is CCN(C[C@H](O)[C@@H](C)NC(=O)Nc1cccc(-c2nnnn2C)c1)[C@@H](C)[C@@H](O)Cc1ccc(F)cc1.CCc1cc(NC(=O)N[C@H](C)[C@@H](O)CN(CC)CCCc2ccc(F)cc2)cc(-c2nnnn2C)c1. The molecule has 0 bridgehead atoms. The van der Waals surface area contributed by atoms with Gasteiger partial charge in [0.1, 0.15) is 11.6 Å². The van der Waals surface area contributed by atoms with Crippen LogP contribution in [-0.2, 0) is 33.4 Å². The lowest BCUT2D eigenvalue weighted by Gasteiger charge is -2.34. The minimum absolute atomic E-state index is 0.233. The van der Waals surface area contributed by atoms with Gasteiger partial charge in [-0.25, -0.2) is 27.7 Å². The molecule has 72 heavy (non-hydrogen) atoms. The van der Waals surface area contributed by atoms with Crippen molar-refractivity contribution in [2.75, 3.05) is 43.4 Å². The van der Waals surface area contributed by atoms with Crippen LogP contribution in [0.25, 0.3) is 22.8 Å². The highest BCUT2D eigenvalue weighted by Crippen LogP contribution is 2.24. The molecule has 6 atom stereocenters. The Kier molecular flexibility index (Phi) is 21.6. The minimum atomic E-state index is -0.868. The number of amides is 4. The monoisotopic (exact) mass is 997 g/mol. The van der Waals surface area contributed by atoms with E-state index >= 15 is 0 Å². The summed E-state index contributed by atoms with van der Waals surface area (Å²) in [5.41, 5.74) is 5.71. The minimum Gasteiger partial charge on any atom is -0.391 e. The zero-order valence-electron chi connectivity index (χ0n) is 42.4. The van der Waals surface area contributed by atoms with Crippen LogP contribution in [0.4, 0.5) is 29.7 Å². The molecule has 2 heterocycles. The number of aromatic nitrogens is 8. The number of carbonyl (C=O) groups excluding carboxylic acids is 2. The number of hydrogen-bond donors (Lipinski definition) is 7. The number of carbonyl (C=O) groups is 2. The first-order valence-corrected chi connectivity index (χ1v) is 24.3. The molecule has 0 aliphatic rings. The lowest BCUT2D eigenvalue weighted by molar-refractivity contribution is 0.0228. The van der Waals surface area contributed by atoms with Crippen molar-refractivity contribution in [1.82, 2.24) is 60.8 Å². The van der Waals surface area contributed by atoms with E-state index in [0.717, 1.165) is 60.2 Å². The molecule has 0 saturated carbocycles. The van der Waals surface area contributed by atoms with E-state index in [1.807, 2.05) is 56.9 Å². The van der Waals surface area contributed by atoms with Gasteiger partial charge < -0.3 is 41.5 Å². The number of tetrazole rings is 2. The van der Waals surface area contributed by atoms with Crippen molar-refractivity contribution in [1.29, 1.82) is 0 Å². The standard InChI is InChI=1S/C26H36FN7O2.C25H34FN7O3/c1-5-19-14-21(25-30-31-32-33(25)4)16-23(15-19)29-26(36)28-18(3)24(35)17-34(6-2)13-7-8-20-9-11-22(27)12-10-20;1-5-33(17(3)22(34)13-18-9-11-20(26)12-10-18)15-23(35)16(2)27-25(36)28-21-8-6-7-19(14-21)24-29-30-31-32(24)4/h9-12,14-16,18,24,35H,5-8,13,17H2,1-4H3,(H2,28,29,36);6-12,14,16-17,22-23,34-35H,5,13,15H2,1-4H3,(H2,27,28,36)/t18-,24+;16-,17+,22+,23+/m11/s1. The fourth-order valence-electron chi connectivity index (χ4n) is 7.94. The van der Waals surface area contributed by atoms with E-state index in [9.17, 15) is 33.7 Å². The highest BCUT2D eigenvalue weighted by Gasteiger charge is 2.26. The van der Waals surface area contributed by atoms with Crippen LogP contribution < -0.4 is 21.3 Å². The van der Waals surface area contributed by atoms with Crippen molar-refractivity contribution in [3.8, 4) is 22.8 Å². The van der Waals surface area contributed by atoms with Crippen molar-refractivity contribution in [3.63, 3.8) is 0 Å². The Labute approximate surface area is 420 Å². The van der Waals surface area contributed by atoms with Gasteiger partial charge in [-0.3, -0.25) is 4.90 Å². The lowest BCUT2D eigenvalue weighted by Crippen LogP contribution is -2.51. The van der Waals surface area contributed by atoms with Gasteiger partial charge in [-0.1, -0.05) is 57.2 Å². The molecule has 6 aromatic rings. The summed E-state index contributed by atoms with van der Waals surface area (Å²) in [6, 6.07) is 23.4. The Bertz CT molecular complexity index is 2600. The molecule has 0 radical (unpaired) electrons. The number of aliphatic hydroxyl groups excluding tert-OH is 3. The smallest absolute Gasteiger partial charge is 0.319 e. The molecule has 0 aliphatic heterocycles.